The summed E-state index contributed by atoms with van der Waals surface area (Å²) in [6.07, 6.45) is 0.995. The van der Waals surface area contributed by atoms with Gasteiger partial charge in [0, 0.05) is 17.9 Å². The molecular weight excluding hydrogens is 208 g/mol. The zero-order valence-corrected chi connectivity index (χ0v) is 10.0. The van der Waals surface area contributed by atoms with Gasteiger partial charge in [-0.05, 0) is 17.2 Å². The van der Waals surface area contributed by atoms with Crippen LogP contribution in [0.3, 0.4) is 0 Å². The van der Waals surface area contributed by atoms with Gasteiger partial charge in [-0.25, -0.2) is 0 Å². The molecule has 17 heavy (non-hydrogen) atoms. The fourth-order valence-corrected chi connectivity index (χ4v) is 2.59. The molecule has 2 aromatic carbocycles. The highest BCUT2D eigenvalue weighted by Crippen LogP contribution is 2.34. The fourth-order valence-electron chi connectivity index (χ4n) is 2.59. The maximum absolute atomic E-state index is 5.86. The molecule has 3 rings (SSSR count). The third kappa shape index (κ3) is 1.82. The third-order valence-corrected chi connectivity index (χ3v) is 3.54. The number of para-hydroxylation sites is 1. The van der Waals surface area contributed by atoms with Crippen molar-refractivity contribution < 1.29 is 4.74 Å². The maximum atomic E-state index is 5.86. The van der Waals surface area contributed by atoms with E-state index in [1.807, 2.05) is 6.07 Å². The molecule has 0 bridgehead atoms. The smallest absolute Gasteiger partial charge is 0.123 e. The molecule has 1 heterocycles. The molecule has 1 aliphatic rings. The van der Waals surface area contributed by atoms with Crippen molar-refractivity contribution in [3.8, 4) is 5.75 Å². The van der Waals surface area contributed by atoms with Crippen LogP contribution in [0.4, 0.5) is 0 Å². The Morgan fingerprint density at radius 2 is 1.65 bits per heavy atom. The summed E-state index contributed by atoms with van der Waals surface area (Å²) in [4.78, 5) is 0. The molecule has 0 aliphatic carbocycles. The highest BCUT2D eigenvalue weighted by atomic mass is 16.5. The molecule has 86 valence electrons. The summed E-state index contributed by atoms with van der Waals surface area (Å²) in [5.74, 6) is 1.44. The Morgan fingerprint density at radius 3 is 2.53 bits per heavy atom. The highest BCUT2D eigenvalue weighted by Gasteiger charge is 2.18. The Hall–Kier alpha value is -1.76. The molecule has 2 aromatic rings. The average molecular weight is 224 g/mol. The molecule has 0 aromatic heterocycles. The SMILES string of the molecule is CC1c2ccccc2CCOc2ccccc21. The van der Waals surface area contributed by atoms with Gasteiger partial charge < -0.3 is 4.74 Å². The number of hydrogen-bond acceptors (Lipinski definition) is 1. The Kier molecular flexibility index (Phi) is 2.60. The Balaban J connectivity index is 2.15. The van der Waals surface area contributed by atoms with Gasteiger partial charge in [-0.3, -0.25) is 0 Å². The Bertz CT molecular complexity index is 483. The van der Waals surface area contributed by atoms with Gasteiger partial charge in [-0.1, -0.05) is 49.4 Å². The molecule has 0 saturated heterocycles. The van der Waals surface area contributed by atoms with Crippen molar-refractivity contribution in [3.05, 3.63) is 65.2 Å². The molecular formula is C16H16O. The molecule has 0 N–H and O–H groups in total. The first-order valence-corrected chi connectivity index (χ1v) is 6.16. The minimum Gasteiger partial charge on any atom is -0.493 e. The summed E-state index contributed by atoms with van der Waals surface area (Å²) in [6, 6.07) is 17.1. The van der Waals surface area contributed by atoms with Crippen LogP contribution in [0.2, 0.25) is 0 Å². The van der Waals surface area contributed by atoms with Gasteiger partial charge in [-0.2, -0.15) is 0 Å². The van der Waals surface area contributed by atoms with Gasteiger partial charge >= 0.3 is 0 Å². The van der Waals surface area contributed by atoms with E-state index in [-0.39, 0.29) is 0 Å². The van der Waals surface area contributed by atoms with Gasteiger partial charge in [0.2, 0.25) is 0 Å². The van der Waals surface area contributed by atoms with E-state index in [0.29, 0.717) is 5.92 Å². The van der Waals surface area contributed by atoms with E-state index in [1.165, 1.54) is 16.7 Å². The van der Waals surface area contributed by atoms with Gasteiger partial charge in [0.15, 0.2) is 0 Å². The molecule has 1 nitrogen and oxygen atoms in total. The second kappa shape index (κ2) is 4.25. The van der Waals surface area contributed by atoms with Crippen molar-refractivity contribution >= 4 is 0 Å². The van der Waals surface area contributed by atoms with Crippen LogP contribution in [0.25, 0.3) is 0 Å². The number of rotatable bonds is 0. The summed E-state index contributed by atoms with van der Waals surface area (Å²) < 4.78 is 5.86. The molecule has 0 saturated carbocycles. The first-order chi connectivity index (χ1) is 8.36. The van der Waals surface area contributed by atoms with Crippen molar-refractivity contribution in [2.24, 2.45) is 0 Å². The van der Waals surface area contributed by atoms with Gasteiger partial charge in [0.1, 0.15) is 5.75 Å². The van der Waals surface area contributed by atoms with Crippen LogP contribution in [0.15, 0.2) is 48.5 Å². The summed E-state index contributed by atoms with van der Waals surface area (Å²) in [7, 11) is 0. The summed E-state index contributed by atoms with van der Waals surface area (Å²) in [6.45, 7) is 3.02. The highest BCUT2D eigenvalue weighted by molar-refractivity contribution is 5.45. The summed E-state index contributed by atoms with van der Waals surface area (Å²) in [5, 5.41) is 0. The normalized spacial score (nSPS) is 18.3. The van der Waals surface area contributed by atoms with Crippen molar-refractivity contribution in [1.82, 2.24) is 0 Å². The predicted octanol–water partition coefficient (Wildman–Crippen LogP) is 3.77. The average Bonchev–Trinajstić information content (AvgIpc) is 2.37. The van der Waals surface area contributed by atoms with Crippen LogP contribution < -0.4 is 4.74 Å². The van der Waals surface area contributed by atoms with Gasteiger partial charge in [0.25, 0.3) is 0 Å². The Morgan fingerprint density at radius 1 is 0.941 bits per heavy atom. The van der Waals surface area contributed by atoms with E-state index >= 15 is 0 Å². The Labute approximate surface area is 102 Å². The van der Waals surface area contributed by atoms with E-state index in [4.69, 9.17) is 4.74 Å². The van der Waals surface area contributed by atoms with Crippen molar-refractivity contribution in [2.75, 3.05) is 6.61 Å². The van der Waals surface area contributed by atoms with Gasteiger partial charge in [-0.15, -0.1) is 0 Å². The molecule has 1 aliphatic heterocycles. The molecule has 1 atom stereocenters. The van der Waals surface area contributed by atoms with Crippen LogP contribution in [0.5, 0.6) is 5.75 Å². The number of benzene rings is 2. The van der Waals surface area contributed by atoms with Crippen LogP contribution >= 0.6 is 0 Å². The first kappa shape index (κ1) is 10.4. The number of ether oxygens (including phenoxy) is 1. The van der Waals surface area contributed by atoms with Crippen LogP contribution in [0, 0.1) is 0 Å². The first-order valence-electron chi connectivity index (χ1n) is 6.16. The lowest BCUT2D eigenvalue weighted by molar-refractivity contribution is 0.314. The molecule has 1 unspecified atom stereocenters. The topological polar surface area (TPSA) is 9.23 Å². The van der Waals surface area contributed by atoms with Crippen molar-refractivity contribution in [3.63, 3.8) is 0 Å². The van der Waals surface area contributed by atoms with Crippen LogP contribution in [-0.4, -0.2) is 6.61 Å². The maximum Gasteiger partial charge on any atom is 0.123 e. The zero-order valence-electron chi connectivity index (χ0n) is 10.0. The monoisotopic (exact) mass is 224 g/mol. The van der Waals surface area contributed by atoms with Gasteiger partial charge in [0.05, 0.1) is 6.61 Å². The second-order valence-corrected chi connectivity index (χ2v) is 4.56. The molecule has 0 spiro atoms. The quantitative estimate of drug-likeness (QED) is 0.662. The number of hydrogen-bond donors (Lipinski definition) is 0. The lowest BCUT2D eigenvalue weighted by atomic mass is 9.87. The molecule has 0 amide bonds. The van der Waals surface area contributed by atoms with E-state index < -0.39 is 0 Å². The lowest BCUT2D eigenvalue weighted by Gasteiger charge is -2.23. The van der Waals surface area contributed by atoms with E-state index in [2.05, 4.69) is 49.4 Å². The minimum absolute atomic E-state index is 0.405. The zero-order chi connectivity index (χ0) is 11.7. The predicted molar refractivity (Wildman–Crippen MR) is 69.6 cm³/mol. The molecule has 1 heteroatoms. The minimum atomic E-state index is 0.405. The molecule has 0 fully saturated rings. The van der Waals surface area contributed by atoms with Crippen molar-refractivity contribution in [1.29, 1.82) is 0 Å². The standard InChI is InChI=1S/C16H16O/c1-12-14-7-3-2-6-13(14)10-11-17-16-9-5-4-8-15(12)16/h2-9,12H,10-11H2,1H3. The van der Waals surface area contributed by atoms with E-state index in [9.17, 15) is 0 Å². The van der Waals surface area contributed by atoms with E-state index in [0.717, 1.165) is 18.8 Å². The summed E-state index contributed by atoms with van der Waals surface area (Å²) >= 11 is 0. The summed E-state index contributed by atoms with van der Waals surface area (Å²) in [5.41, 5.74) is 4.14. The van der Waals surface area contributed by atoms with E-state index in [1.54, 1.807) is 0 Å². The van der Waals surface area contributed by atoms with Crippen LogP contribution in [0.1, 0.15) is 29.5 Å². The second-order valence-electron chi connectivity index (χ2n) is 4.56. The van der Waals surface area contributed by atoms with Crippen LogP contribution in [-0.2, 0) is 6.42 Å². The largest absolute Gasteiger partial charge is 0.493 e. The lowest BCUT2D eigenvalue weighted by Crippen LogP contribution is -2.12. The van der Waals surface area contributed by atoms with Crippen molar-refractivity contribution in [2.45, 2.75) is 19.3 Å². The third-order valence-electron chi connectivity index (χ3n) is 3.54. The molecule has 0 radical (unpaired) electrons. The number of fused-ring (bicyclic) bond motifs is 2. The fraction of sp³-hybridized carbons (Fsp3) is 0.250.